The SMILES string of the molecule is CCCC(CC)(N1CCCCC1)N1CCCCC1.N. The Bertz CT molecular complexity index is 212. The van der Waals surface area contributed by atoms with E-state index in [4.69, 9.17) is 0 Å². The van der Waals surface area contributed by atoms with Crippen molar-refractivity contribution in [3.63, 3.8) is 0 Å². The molecule has 3 nitrogen and oxygen atoms in total. The summed E-state index contributed by atoms with van der Waals surface area (Å²) in [6, 6.07) is 0. The smallest absolute Gasteiger partial charge is 0.0734 e. The molecule has 2 rings (SSSR count). The first-order valence-corrected chi connectivity index (χ1v) is 8.33. The van der Waals surface area contributed by atoms with Crippen LogP contribution < -0.4 is 6.15 Å². The molecular weight excluding hydrogens is 234 g/mol. The van der Waals surface area contributed by atoms with Crippen molar-refractivity contribution in [1.82, 2.24) is 16.0 Å². The summed E-state index contributed by atoms with van der Waals surface area (Å²) in [7, 11) is 0. The molecule has 0 amide bonds. The van der Waals surface area contributed by atoms with Crippen molar-refractivity contribution in [3.05, 3.63) is 0 Å². The van der Waals surface area contributed by atoms with Crippen LogP contribution in [-0.4, -0.2) is 41.6 Å². The van der Waals surface area contributed by atoms with E-state index in [9.17, 15) is 0 Å². The average molecular weight is 269 g/mol. The molecular formula is C16H35N3. The van der Waals surface area contributed by atoms with Gasteiger partial charge in [0.25, 0.3) is 0 Å². The topological polar surface area (TPSA) is 41.5 Å². The Morgan fingerprint density at radius 3 is 1.47 bits per heavy atom. The van der Waals surface area contributed by atoms with Gasteiger partial charge in [-0.3, -0.25) is 9.80 Å². The molecule has 0 atom stereocenters. The van der Waals surface area contributed by atoms with Gasteiger partial charge in [-0.15, -0.1) is 0 Å². The fourth-order valence-electron chi connectivity index (χ4n) is 4.16. The van der Waals surface area contributed by atoms with Crippen LogP contribution in [0.25, 0.3) is 0 Å². The molecule has 19 heavy (non-hydrogen) atoms. The van der Waals surface area contributed by atoms with Crippen molar-refractivity contribution < 1.29 is 0 Å². The minimum absolute atomic E-state index is 0. The molecule has 2 heterocycles. The molecule has 0 aromatic heterocycles. The summed E-state index contributed by atoms with van der Waals surface area (Å²) < 4.78 is 0. The second kappa shape index (κ2) is 8.23. The molecule has 0 saturated carbocycles. The molecule has 0 unspecified atom stereocenters. The van der Waals surface area contributed by atoms with E-state index in [-0.39, 0.29) is 6.15 Å². The van der Waals surface area contributed by atoms with Gasteiger partial charge in [-0.2, -0.15) is 0 Å². The number of hydrogen-bond acceptors (Lipinski definition) is 3. The number of hydrogen-bond donors (Lipinski definition) is 1. The van der Waals surface area contributed by atoms with Gasteiger partial charge in [0.1, 0.15) is 0 Å². The fraction of sp³-hybridized carbons (Fsp3) is 1.00. The second-order valence-electron chi connectivity index (χ2n) is 6.18. The van der Waals surface area contributed by atoms with Gasteiger partial charge in [0, 0.05) is 0 Å². The summed E-state index contributed by atoms with van der Waals surface area (Å²) in [5, 5.41) is 0. The fourth-order valence-corrected chi connectivity index (χ4v) is 4.16. The Morgan fingerprint density at radius 1 is 0.737 bits per heavy atom. The molecule has 3 N–H and O–H groups in total. The Hall–Kier alpha value is -0.120. The first-order chi connectivity index (χ1) is 8.83. The maximum atomic E-state index is 2.84. The lowest BCUT2D eigenvalue weighted by Crippen LogP contribution is -2.62. The summed E-state index contributed by atoms with van der Waals surface area (Å²) in [6.45, 7) is 10.1. The van der Waals surface area contributed by atoms with E-state index >= 15 is 0 Å². The third-order valence-electron chi connectivity index (χ3n) is 5.11. The molecule has 2 saturated heterocycles. The lowest BCUT2D eigenvalue weighted by molar-refractivity contribution is -0.0865. The highest BCUT2D eigenvalue weighted by atomic mass is 15.4. The number of nitrogens with zero attached hydrogens (tertiary/aromatic N) is 2. The highest BCUT2D eigenvalue weighted by Crippen LogP contribution is 2.34. The van der Waals surface area contributed by atoms with Crippen LogP contribution in [0, 0.1) is 0 Å². The van der Waals surface area contributed by atoms with Crippen LogP contribution in [-0.2, 0) is 0 Å². The predicted octanol–water partition coefficient (Wildman–Crippen LogP) is 4.03. The van der Waals surface area contributed by atoms with E-state index in [1.165, 1.54) is 84.0 Å². The van der Waals surface area contributed by atoms with Gasteiger partial charge in [0.05, 0.1) is 5.66 Å². The maximum Gasteiger partial charge on any atom is 0.0734 e. The molecule has 114 valence electrons. The van der Waals surface area contributed by atoms with E-state index in [1.54, 1.807) is 0 Å². The zero-order valence-corrected chi connectivity index (χ0v) is 13.3. The van der Waals surface area contributed by atoms with Crippen molar-refractivity contribution in [3.8, 4) is 0 Å². The molecule has 0 aromatic rings. The van der Waals surface area contributed by atoms with Crippen molar-refractivity contribution >= 4 is 0 Å². The van der Waals surface area contributed by atoms with Crippen molar-refractivity contribution in [2.75, 3.05) is 26.2 Å². The number of rotatable bonds is 5. The van der Waals surface area contributed by atoms with Crippen LogP contribution >= 0.6 is 0 Å². The maximum absolute atomic E-state index is 2.84. The summed E-state index contributed by atoms with van der Waals surface area (Å²) >= 11 is 0. The zero-order valence-electron chi connectivity index (χ0n) is 13.3. The first-order valence-electron chi connectivity index (χ1n) is 8.33. The van der Waals surface area contributed by atoms with E-state index in [0.29, 0.717) is 5.66 Å². The van der Waals surface area contributed by atoms with Crippen LogP contribution in [0.15, 0.2) is 0 Å². The Labute approximate surface area is 120 Å². The normalized spacial score (nSPS) is 23.1. The third kappa shape index (κ3) is 3.71. The van der Waals surface area contributed by atoms with Crippen molar-refractivity contribution in [1.29, 1.82) is 0 Å². The molecule has 0 radical (unpaired) electrons. The number of piperidine rings is 2. The summed E-state index contributed by atoms with van der Waals surface area (Å²) in [6.07, 6.45) is 12.5. The molecule has 2 fully saturated rings. The predicted molar refractivity (Wildman–Crippen MR) is 83.8 cm³/mol. The van der Waals surface area contributed by atoms with Crippen molar-refractivity contribution in [2.45, 2.75) is 77.3 Å². The molecule has 2 aliphatic heterocycles. The summed E-state index contributed by atoms with van der Waals surface area (Å²) in [5.41, 5.74) is 0.398. The van der Waals surface area contributed by atoms with E-state index < -0.39 is 0 Å². The Balaban J connectivity index is 0.00000180. The van der Waals surface area contributed by atoms with E-state index in [0.717, 1.165) is 0 Å². The van der Waals surface area contributed by atoms with Gasteiger partial charge in [-0.25, -0.2) is 0 Å². The monoisotopic (exact) mass is 269 g/mol. The van der Waals surface area contributed by atoms with E-state index in [1.807, 2.05) is 0 Å². The largest absolute Gasteiger partial charge is 0.344 e. The molecule has 3 heteroatoms. The molecule has 0 bridgehead atoms. The standard InChI is InChI=1S/C16H32N2.H3N/c1-3-11-16(4-2,17-12-7-5-8-13-17)18-14-9-6-10-15-18;/h3-15H2,1-2H3;1H3. The lowest BCUT2D eigenvalue weighted by atomic mass is 9.91. The van der Waals surface area contributed by atoms with Crippen LogP contribution in [0.5, 0.6) is 0 Å². The molecule has 0 aromatic carbocycles. The molecule has 0 spiro atoms. The highest BCUT2D eigenvalue weighted by Gasteiger charge is 2.40. The van der Waals surface area contributed by atoms with Gasteiger partial charge in [0.15, 0.2) is 0 Å². The van der Waals surface area contributed by atoms with Crippen molar-refractivity contribution in [2.24, 2.45) is 0 Å². The van der Waals surface area contributed by atoms with Crippen LogP contribution in [0.4, 0.5) is 0 Å². The minimum atomic E-state index is 0. The average Bonchev–Trinajstić information content (AvgIpc) is 2.47. The Kier molecular flexibility index (Phi) is 7.33. The van der Waals surface area contributed by atoms with Gasteiger partial charge in [0.2, 0.25) is 0 Å². The summed E-state index contributed by atoms with van der Waals surface area (Å²) in [5.74, 6) is 0. The second-order valence-corrected chi connectivity index (χ2v) is 6.18. The molecule has 0 aliphatic carbocycles. The van der Waals surface area contributed by atoms with Crippen LogP contribution in [0.2, 0.25) is 0 Å². The minimum Gasteiger partial charge on any atom is -0.344 e. The van der Waals surface area contributed by atoms with Gasteiger partial charge in [-0.05, 0) is 64.7 Å². The lowest BCUT2D eigenvalue weighted by Gasteiger charge is -2.53. The first kappa shape index (κ1) is 16.9. The Morgan fingerprint density at radius 2 is 1.16 bits per heavy atom. The van der Waals surface area contributed by atoms with Gasteiger partial charge < -0.3 is 6.15 Å². The van der Waals surface area contributed by atoms with Gasteiger partial charge in [-0.1, -0.05) is 33.1 Å². The molecule has 2 aliphatic rings. The quantitative estimate of drug-likeness (QED) is 0.819. The summed E-state index contributed by atoms with van der Waals surface area (Å²) in [4.78, 5) is 5.68. The highest BCUT2D eigenvalue weighted by molar-refractivity contribution is 4.92. The van der Waals surface area contributed by atoms with Crippen LogP contribution in [0.3, 0.4) is 0 Å². The third-order valence-corrected chi connectivity index (χ3v) is 5.11. The van der Waals surface area contributed by atoms with E-state index in [2.05, 4.69) is 23.6 Å². The zero-order chi connectivity index (χ0) is 12.8. The number of likely N-dealkylation sites (tertiary alicyclic amines) is 2. The van der Waals surface area contributed by atoms with Crippen LogP contribution in [0.1, 0.15) is 71.6 Å². The van der Waals surface area contributed by atoms with Gasteiger partial charge >= 0.3 is 0 Å².